The van der Waals surface area contributed by atoms with Gasteiger partial charge in [0.25, 0.3) is 0 Å². The number of benzene rings is 2. The average Bonchev–Trinajstić information content (AvgIpc) is 3.48. The van der Waals surface area contributed by atoms with Gasteiger partial charge in [-0.15, -0.1) is 0 Å². The highest BCUT2D eigenvalue weighted by atomic mass is 16.5. The van der Waals surface area contributed by atoms with E-state index in [0.29, 0.717) is 37.1 Å². The first-order chi connectivity index (χ1) is 14.1. The van der Waals surface area contributed by atoms with Crippen molar-refractivity contribution in [3.8, 4) is 17.1 Å². The second-order valence-electron chi connectivity index (χ2n) is 7.48. The summed E-state index contributed by atoms with van der Waals surface area (Å²) >= 11 is 0. The van der Waals surface area contributed by atoms with Crippen molar-refractivity contribution >= 4 is 5.91 Å². The molecule has 1 saturated carbocycles. The molecule has 0 spiro atoms. The highest BCUT2D eigenvalue weighted by Gasteiger charge is 2.32. The Kier molecular flexibility index (Phi) is 5.60. The molecular weight excluding hydrogens is 366 g/mol. The molecule has 1 amide bonds. The van der Waals surface area contributed by atoms with Crippen LogP contribution in [0.2, 0.25) is 0 Å². The molecule has 0 N–H and O–H groups in total. The van der Waals surface area contributed by atoms with Gasteiger partial charge in [0, 0.05) is 31.0 Å². The van der Waals surface area contributed by atoms with Gasteiger partial charge in [0.05, 0.1) is 7.11 Å². The van der Waals surface area contributed by atoms with E-state index in [-0.39, 0.29) is 5.91 Å². The van der Waals surface area contributed by atoms with Crippen molar-refractivity contribution < 1.29 is 14.1 Å². The van der Waals surface area contributed by atoms with E-state index < -0.39 is 0 Å². The maximum atomic E-state index is 12.9. The minimum atomic E-state index is 0.124. The molecule has 1 heterocycles. The molecule has 3 aromatic rings. The van der Waals surface area contributed by atoms with Crippen LogP contribution in [0.5, 0.6) is 5.75 Å². The third-order valence-corrected chi connectivity index (χ3v) is 5.15. The van der Waals surface area contributed by atoms with E-state index in [4.69, 9.17) is 9.26 Å². The summed E-state index contributed by atoms with van der Waals surface area (Å²) < 4.78 is 10.6. The van der Waals surface area contributed by atoms with Crippen LogP contribution in [-0.4, -0.2) is 34.1 Å². The highest BCUT2D eigenvalue weighted by Crippen LogP contribution is 2.29. The van der Waals surface area contributed by atoms with Crippen LogP contribution in [0.25, 0.3) is 11.4 Å². The number of carbonyl (C=O) groups is 1. The minimum Gasteiger partial charge on any atom is -0.497 e. The van der Waals surface area contributed by atoms with Crippen molar-refractivity contribution in [2.24, 2.45) is 0 Å². The molecule has 6 heteroatoms. The van der Waals surface area contributed by atoms with Crippen molar-refractivity contribution in [1.82, 2.24) is 15.0 Å². The molecule has 29 heavy (non-hydrogen) atoms. The Morgan fingerprint density at radius 1 is 1.14 bits per heavy atom. The topological polar surface area (TPSA) is 68.5 Å². The zero-order valence-electron chi connectivity index (χ0n) is 16.8. The predicted molar refractivity (Wildman–Crippen MR) is 109 cm³/mol. The van der Waals surface area contributed by atoms with Crippen LogP contribution in [0.3, 0.4) is 0 Å². The van der Waals surface area contributed by atoms with Crippen LogP contribution in [-0.2, 0) is 17.8 Å². The van der Waals surface area contributed by atoms with Crippen molar-refractivity contribution in [2.45, 2.75) is 45.2 Å². The van der Waals surface area contributed by atoms with E-state index in [0.717, 1.165) is 29.7 Å². The predicted octanol–water partition coefficient (Wildman–Crippen LogP) is 4.18. The minimum absolute atomic E-state index is 0.124. The zero-order chi connectivity index (χ0) is 20.2. The van der Waals surface area contributed by atoms with E-state index in [1.54, 1.807) is 7.11 Å². The van der Waals surface area contributed by atoms with Gasteiger partial charge in [0.2, 0.25) is 17.6 Å². The molecule has 0 aliphatic heterocycles. The lowest BCUT2D eigenvalue weighted by Gasteiger charge is -2.22. The van der Waals surface area contributed by atoms with Crippen LogP contribution >= 0.6 is 0 Å². The first kappa shape index (κ1) is 19.2. The van der Waals surface area contributed by atoms with Gasteiger partial charge in [-0.25, -0.2) is 0 Å². The van der Waals surface area contributed by atoms with Crippen LogP contribution in [0.1, 0.15) is 36.3 Å². The maximum Gasteiger partial charge on any atom is 0.227 e. The molecule has 0 atom stereocenters. The molecule has 150 valence electrons. The quantitative estimate of drug-likeness (QED) is 0.576. The van der Waals surface area contributed by atoms with Gasteiger partial charge in [-0.2, -0.15) is 4.98 Å². The first-order valence-corrected chi connectivity index (χ1v) is 9.94. The number of ether oxygens (including phenoxy) is 1. The molecule has 1 aromatic heterocycles. The summed E-state index contributed by atoms with van der Waals surface area (Å²) in [5.41, 5.74) is 3.20. The van der Waals surface area contributed by atoms with Crippen molar-refractivity contribution in [3.05, 3.63) is 65.5 Å². The fourth-order valence-corrected chi connectivity index (χ4v) is 3.27. The van der Waals surface area contributed by atoms with Gasteiger partial charge in [0.15, 0.2) is 0 Å². The van der Waals surface area contributed by atoms with Crippen LogP contribution in [0.15, 0.2) is 53.1 Å². The summed E-state index contributed by atoms with van der Waals surface area (Å²) in [7, 11) is 1.65. The Hall–Kier alpha value is -3.15. The number of amides is 1. The molecule has 1 aliphatic rings. The van der Waals surface area contributed by atoms with E-state index in [1.807, 2.05) is 60.4 Å². The Bertz CT molecular complexity index is 960. The van der Waals surface area contributed by atoms with E-state index in [9.17, 15) is 4.79 Å². The van der Waals surface area contributed by atoms with Gasteiger partial charge in [0.1, 0.15) is 5.75 Å². The molecule has 0 saturated heterocycles. The third-order valence-electron chi connectivity index (χ3n) is 5.15. The number of nitrogens with zero attached hydrogens (tertiary/aromatic N) is 3. The molecule has 2 aromatic carbocycles. The number of aryl methyl sites for hydroxylation is 2. The number of rotatable bonds is 8. The Morgan fingerprint density at radius 2 is 1.86 bits per heavy atom. The van der Waals surface area contributed by atoms with Gasteiger partial charge in [-0.3, -0.25) is 4.79 Å². The summed E-state index contributed by atoms with van der Waals surface area (Å²) in [4.78, 5) is 19.3. The lowest BCUT2D eigenvalue weighted by Crippen LogP contribution is -2.32. The lowest BCUT2D eigenvalue weighted by atomic mass is 10.1. The van der Waals surface area contributed by atoms with Gasteiger partial charge >= 0.3 is 0 Å². The second kappa shape index (κ2) is 8.47. The van der Waals surface area contributed by atoms with Gasteiger partial charge in [-0.1, -0.05) is 47.1 Å². The summed E-state index contributed by atoms with van der Waals surface area (Å²) in [6.45, 7) is 2.65. The monoisotopic (exact) mass is 391 g/mol. The first-order valence-electron chi connectivity index (χ1n) is 9.94. The average molecular weight is 391 g/mol. The molecule has 0 bridgehead atoms. The van der Waals surface area contributed by atoms with Crippen molar-refractivity contribution in [2.75, 3.05) is 7.11 Å². The van der Waals surface area contributed by atoms with Crippen molar-refractivity contribution in [3.63, 3.8) is 0 Å². The molecule has 1 fully saturated rings. The smallest absolute Gasteiger partial charge is 0.227 e. The third kappa shape index (κ3) is 4.83. The molecular formula is C23H25N3O3. The number of methoxy groups -OCH3 is 1. The summed E-state index contributed by atoms with van der Waals surface area (Å²) in [5.74, 6) is 2.00. The van der Waals surface area contributed by atoms with E-state index in [1.165, 1.54) is 5.56 Å². The fourth-order valence-electron chi connectivity index (χ4n) is 3.27. The normalized spacial score (nSPS) is 13.3. The molecule has 0 unspecified atom stereocenters. The van der Waals surface area contributed by atoms with Gasteiger partial charge in [-0.05, 0) is 37.5 Å². The molecule has 4 rings (SSSR count). The lowest BCUT2D eigenvalue weighted by molar-refractivity contribution is -0.132. The van der Waals surface area contributed by atoms with Crippen molar-refractivity contribution in [1.29, 1.82) is 0 Å². The summed E-state index contributed by atoms with van der Waals surface area (Å²) in [6, 6.07) is 16.2. The Morgan fingerprint density at radius 3 is 2.52 bits per heavy atom. The second-order valence-corrected chi connectivity index (χ2v) is 7.48. The summed E-state index contributed by atoms with van der Waals surface area (Å²) in [5, 5.41) is 4.05. The van der Waals surface area contributed by atoms with E-state index in [2.05, 4.69) is 10.1 Å². The molecule has 1 aliphatic carbocycles. The van der Waals surface area contributed by atoms with Gasteiger partial charge < -0.3 is 14.2 Å². The zero-order valence-corrected chi connectivity index (χ0v) is 16.8. The maximum absolute atomic E-state index is 12.9. The molecule has 0 radical (unpaired) electrons. The number of carbonyl (C=O) groups excluding carboxylic acids is 1. The van der Waals surface area contributed by atoms with E-state index >= 15 is 0 Å². The Labute approximate surface area is 170 Å². The van der Waals surface area contributed by atoms with Crippen LogP contribution < -0.4 is 4.74 Å². The fraction of sp³-hybridized carbons (Fsp3) is 0.348. The largest absolute Gasteiger partial charge is 0.497 e. The number of aromatic nitrogens is 2. The number of hydrogen-bond acceptors (Lipinski definition) is 5. The number of hydrogen-bond donors (Lipinski definition) is 0. The SMILES string of the molecule is COc1ccc(CN(C(=O)CCc2nc(-c3ccc(C)cc3)no2)C2CC2)cc1. The highest BCUT2D eigenvalue weighted by molar-refractivity contribution is 5.77. The summed E-state index contributed by atoms with van der Waals surface area (Å²) in [6.07, 6.45) is 2.95. The van der Waals surface area contributed by atoms with Crippen LogP contribution in [0.4, 0.5) is 0 Å². The molecule has 6 nitrogen and oxygen atoms in total. The standard InChI is InChI=1S/C23H25N3O3/c1-16-3-7-18(8-4-16)23-24-21(29-25-23)13-14-22(27)26(19-9-10-19)15-17-5-11-20(28-2)12-6-17/h3-8,11-12,19H,9-10,13-15H2,1-2H3. The Balaban J connectivity index is 1.36. The van der Waals surface area contributed by atoms with Crippen LogP contribution in [0, 0.1) is 6.92 Å².